The predicted octanol–water partition coefficient (Wildman–Crippen LogP) is 5.21. The monoisotopic (exact) mass is 296 g/mol. The van der Waals surface area contributed by atoms with Gasteiger partial charge in [0.1, 0.15) is 5.01 Å². The molecule has 1 N–H and O–H groups in total. The molecule has 0 spiro atoms. The van der Waals surface area contributed by atoms with Crippen LogP contribution in [0.25, 0.3) is 10.8 Å². The summed E-state index contributed by atoms with van der Waals surface area (Å²) >= 11 is 1.73. The quantitative estimate of drug-likeness (QED) is 0.718. The molecule has 1 heterocycles. The fourth-order valence-electron chi connectivity index (χ4n) is 2.21. The molecule has 0 amide bonds. The van der Waals surface area contributed by atoms with Crippen molar-refractivity contribution in [2.24, 2.45) is 0 Å². The highest BCUT2D eigenvalue weighted by atomic mass is 32.1. The fourth-order valence-corrected chi connectivity index (χ4v) is 3.17. The summed E-state index contributed by atoms with van der Waals surface area (Å²) in [5.41, 5.74) is 2.43. The Labute approximate surface area is 129 Å². The highest BCUT2D eigenvalue weighted by molar-refractivity contribution is 7.09. The lowest BCUT2D eigenvalue weighted by molar-refractivity contribution is 0.571. The molecule has 0 atom stereocenters. The van der Waals surface area contributed by atoms with Gasteiger partial charge in [0, 0.05) is 16.5 Å². The maximum Gasteiger partial charge on any atom is 0.112 e. The van der Waals surface area contributed by atoms with Crippen LogP contribution in [-0.2, 0) is 12.0 Å². The smallest absolute Gasteiger partial charge is 0.112 e. The zero-order valence-electron chi connectivity index (χ0n) is 12.7. The minimum atomic E-state index is 0.123. The number of anilines is 1. The van der Waals surface area contributed by atoms with E-state index in [0.717, 1.165) is 17.2 Å². The second kappa shape index (κ2) is 5.49. The molecule has 0 aliphatic carbocycles. The minimum absolute atomic E-state index is 0.123. The topological polar surface area (TPSA) is 24.9 Å². The van der Waals surface area contributed by atoms with Crippen LogP contribution in [0.4, 0.5) is 5.69 Å². The van der Waals surface area contributed by atoms with Crippen LogP contribution >= 0.6 is 11.3 Å². The van der Waals surface area contributed by atoms with Gasteiger partial charge in [0.2, 0.25) is 0 Å². The van der Waals surface area contributed by atoms with Crippen LogP contribution in [0.1, 0.15) is 31.5 Å². The van der Waals surface area contributed by atoms with E-state index >= 15 is 0 Å². The Morgan fingerprint density at radius 2 is 1.81 bits per heavy atom. The first kappa shape index (κ1) is 14.1. The third-order valence-electron chi connectivity index (χ3n) is 3.51. The molecule has 0 fully saturated rings. The molecule has 0 aliphatic heterocycles. The van der Waals surface area contributed by atoms with Gasteiger partial charge in [-0.25, -0.2) is 4.98 Å². The Morgan fingerprint density at radius 1 is 1.05 bits per heavy atom. The standard InChI is InChI=1S/C18H20N2S/c1-18(2,3)16-12-21-17(20-16)11-19-15-9-8-13-6-4-5-7-14(13)10-15/h4-10,12,19H,11H2,1-3H3. The SMILES string of the molecule is CC(C)(C)c1csc(CNc2ccc3ccccc3c2)n1. The van der Waals surface area contributed by atoms with Crippen molar-refractivity contribution in [1.29, 1.82) is 0 Å². The number of aromatic nitrogens is 1. The Balaban J connectivity index is 1.73. The molecule has 3 aromatic rings. The van der Waals surface area contributed by atoms with Crippen LogP contribution < -0.4 is 5.32 Å². The molecule has 0 unspecified atom stereocenters. The number of benzene rings is 2. The minimum Gasteiger partial charge on any atom is -0.379 e. The first-order chi connectivity index (χ1) is 10.0. The summed E-state index contributed by atoms with van der Waals surface area (Å²) in [6, 6.07) is 14.9. The molecule has 0 radical (unpaired) electrons. The summed E-state index contributed by atoms with van der Waals surface area (Å²) in [5.74, 6) is 0. The average molecular weight is 296 g/mol. The van der Waals surface area contributed by atoms with E-state index in [9.17, 15) is 0 Å². The molecule has 108 valence electrons. The fraction of sp³-hybridized carbons (Fsp3) is 0.278. The Morgan fingerprint density at radius 3 is 2.52 bits per heavy atom. The number of rotatable bonds is 3. The van der Waals surface area contributed by atoms with Crippen LogP contribution in [0.3, 0.4) is 0 Å². The molecule has 0 aliphatic rings. The second-order valence-electron chi connectivity index (χ2n) is 6.29. The van der Waals surface area contributed by atoms with Crippen LogP contribution in [0.2, 0.25) is 0 Å². The van der Waals surface area contributed by atoms with Crippen molar-refractivity contribution in [2.45, 2.75) is 32.7 Å². The van der Waals surface area contributed by atoms with Gasteiger partial charge in [0.25, 0.3) is 0 Å². The first-order valence-electron chi connectivity index (χ1n) is 7.20. The molecule has 0 bridgehead atoms. The molecule has 2 nitrogen and oxygen atoms in total. The van der Waals surface area contributed by atoms with E-state index in [1.165, 1.54) is 16.5 Å². The van der Waals surface area contributed by atoms with Gasteiger partial charge in [-0.05, 0) is 22.9 Å². The van der Waals surface area contributed by atoms with E-state index in [-0.39, 0.29) is 5.41 Å². The zero-order chi connectivity index (χ0) is 14.9. The average Bonchev–Trinajstić information content (AvgIpc) is 2.94. The molecule has 3 heteroatoms. The Kier molecular flexibility index (Phi) is 3.68. The van der Waals surface area contributed by atoms with Crippen molar-refractivity contribution in [2.75, 3.05) is 5.32 Å². The number of hydrogen-bond donors (Lipinski definition) is 1. The van der Waals surface area contributed by atoms with Gasteiger partial charge in [-0.3, -0.25) is 0 Å². The lowest BCUT2D eigenvalue weighted by atomic mass is 9.93. The van der Waals surface area contributed by atoms with Crippen molar-refractivity contribution in [3.05, 3.63) is 58.5 Å². The van der Waals surface area contributed by atoms with Crippen LogP contribution in [-0.4, -0.2) is 4.98 Å². The molecule has 2 aromatic carbocycles. The molecular weight excluding hydrogens is 276 g/mol. The highest BCUT2D eigenvalue weighted by Gasteiger charge is 2.17. The van der Waals surface area contributed by atoms with Crippen LogP contribution in [0.5, 0.6) is 0 Å². The van der Waals surface area contributed by atoms with Crippen molar-refractivity contribution in [3.63, 3.8) is 0 Å². The number of nitrogens with one attached hydrogen (secondary N) is 1. The van der Waals surface area contributed by atoms with Crippen LogP contribution in [0.15, 0.2) is 47.8 Å². The molecule has 21 heavy (non-hydrogen) atoms. The molecule has 0 saturated heterocycles. The third-order valence-corrected chi connectivity index (χ3v) is 4.36. The molecule has 1 aromatic heterocycles. The summed E-state index contributed by atoms with van der Waals surface area (Å²) < 4.78 is 0. The number of hydrogen-bond acceptors (Lipinski definition) is 3. The highest BCUT2D eigenvalue weighted by Crippen LogP contribution is 2.25. The summed E-state index contributed by atoms with van der Waals surface area (Å²) in [7, 11) is 0. The van der Waals surface area contributed by atoms with Crippen molar-refractivity contribution >= 4 is 27.8 Å². The van der Waals surface area contributed by atoms with E-state index < -0.39 is 0 Å². The van der Waals surface area contributed by atoms with Gasteiger partial charge in [0.15, 0.2) is 0 Å². The van der Waals surface area contributed by atoms with E-state index in [1.54, 1.807) is 11.3 Å². The second-order valence-corrected chi connectivity index (χ2v) is 7.23. The van der Waals surface area contributed by atoms with Crippen LogP contribution in [0, 0.1) is 0 Å². The van der Waals surface area contributed by atoms with Gasteiger partial charge < -0.3 is 5.32 Å². The maximum atomic E-state index is 4.71. The predicted molar refractivity (Wildman–Crippen MR) is 92.1 cm³/mol. The molecule has 3 rings (SSSR count). The van der Waals surface area contributed by atoms with Crippen molar-refractivity contribution in [3.8, 4) is 0 Å². The van der Waals surface area contributed by atoms with Gasteiger partial charge in [0.05, 0.1) is 12.2 Å². The normalized spacial score (nSPS) is 11.8. The number of fused-ring (bicyclic) bond motifs is 1. The molecule has 0 saturated carbocycles. The van der Waals surface area contributed by atoms with Crippen molar-refractivity contribution < 1.29 is 0 Å². The Hall–Kier alpha value is -1.87. The third kappa shape index (κ3) is 3.24. The van der Waals surface area contributed by atoms with Gasteiger partial charge in [-0.15, -0.1) is 11.3 Å². The van der Waals surface area contributed by atoms with Gasteiger partial charge in [-0.1, -0.05) is 51.1 Å². The maximum absolute atomic E-state index is 4.71. The summed E-state index contributed by atoms with van der Waals surface area (Å²) in [5, 5.41) is 9.29. The first-order valence-corrected chi connectivity index (χ1v) is 8.08. The van der Waals surface area contributed by atoms with E-state index in [1.807, 2.05) is 0 Å². The lowest BCUT2D eigenvalue weighted by Gasteiger charge is -2.14. The van der Waals surface area contributed by atoms with Crippen molar-refractivity contribution in [1.82, 2.24) is 4.98 Å². The summed E-state index contributed by atoms with van der Waals surface area (Å²) in [6.07, 6.45) is 0. The van der Waals surface area contributed by atoms with E-state index in [4.69, 9.17) is 4.98 Å². The zero-order valence-corrected chi connectivity index (χ0v) is 13.5. The Bertz CT molecular complexity index is 753. The van der Waals surface area contributed by atoms with E-state index in [0.29, 0.717) is 0 Å². The summed E-state index contributed by atoms with van der Waals surface area (Å²) in [4.78, 5) is 4.71. The number of thiazole rings is 1. The van der Waals surface area contributed by atoms with Gasteiger partial charge in [-0.2, -0.15) is 0 Å². The number of nitrogens with zero attached hydrogens (tertiary/aromatic N) is 1. The lowest BCUT2D eigenvalue weighted by Crippen LogP contribution is -2.11. The summed E-state index contributed by atoms with van der Waals surface area (Å²) in [6.45, 7) is 7.37. The molecular formula is C18H20N2S. The van der Waals surface area contributed by atoms with Gasteiger partial charge >= 0.3 is 0 Å². The van der Waals surface area contributed by atoms with E-state index in [2.05, 4.69) is 73.9 Å². The largest absolute Gasteiger partial charge is 0.379 e.